The monoisotopic (exact) mass is 240 g/mol. The quantitative estimate of drug-likeness (QED) is 0.735. The Morgan fingerprint density at radius 3 is 2.41 bits per heavy atom. The molecule has 5 heteroatoms. The minimum absolute atomic E-state index is 0.158. The maximum Gasteiger partial charge on any atom is 0.148 e. The molecule has 1 aromatic heterocycles. The van der Waals surface area contributed by atoms with Crippen molar-refractivity contribution >= 4 is 11.5 Å². The van der Waals surface area contributed by atoms with Gasteiger partial charge < -0.3 is 16.2 Å². The number of rotatable bonds is 5. The molecule has 0 amide bonds. The summed E-state index contributed by atoms with van der Waals surface area (Å²) in [6.45, 7) is 9.84. The fraction of sp³-hybridized carbons (Fsp3) is 0.750. The van der Waals surface area contributed by atoms with Crippen LogP contribution in [0.25, 0.3) is 0 Å². The lowest BCUT2D eigenvalue weighted by molar-refractivity contribution is 0.179. The highest BCUT2D eigenvalue weighted by atomic mass is 16.3. The molecule has 98 valence electrons. The molecule has 1 heterocycles. The van der Waals surface area contributed by atoms with Gasteiger partial charge in [-0.25, -0.2) is 4.68 Å². The van der Waals surface area contributed by atoms with Crippen molar-refractivity contribution in [1.82, 2.24) is 9.78 Å². The van der Waals surface area contributed by atoms with Crippen LogP contribution in [0, 0.1) is 6.92 Å². The summed E-state index contributed by atoms with van der Waals surface area (Å²) in [5.74, 6) is 0.852. The van der Waals surface area contributed by atoms with E-state index in [2.05, 4.69) is 24.3 Å². The molecule has 4 N–H and O–H groups in total. The third kappa shape index (κ3) is 3.36. The summed E-state index contributed by atoms with van der Waals surface area (Å²) < 4.78 is 1.89. The third-order valence-corrected chi connectivity index (χ3v) is 2.70. The lowest BCUT2D eigenvalue weighted by Gasteiger charge is -2.19. The second-order valence-corrected chi connectivity index (χ2v) is 5.02. The fourth-order valence-electron chi connectivity index (χ4n) is 1.88. The minimum atomic E-state index is -0.324. The van der Waals surface area contributed by atoms with Crippen molar-refractivity contribution in [1.29, 1.82) is 0 Å². The first-order chi connectivity index (χ1) is 7.82. The van der Waals surface area contributed by atoms with E-state index in [-0.39, 0.29) is 18.2 Å². The van der Waals surface area contributed by atoms with Crippen molar-refractivity contribution in [2.45, 2.75) is 59.2 Å². The van der Waals surface area contributed by atoms with Crippen LogP contribution < -0.4 is 11.1 Å². The van der Waals surface area contributed by atoms with Crippen LogP contribution in [0.2, 0.25) is 0 Å². The van der Waals surface area contributed by atoms with Crippen LogP contribution in [0.5, 0.6) is 0 Å². The molecule has 0 aliphatic carbocycles. The molecule has 5 nitrogen and oxygen atoms in total. The Bertz CT molecular complexity index is 371. The summed E-state index contributed by atoms with van der Waals surface area (Å²) in [5, 5.41) is 17.1. The van der Waals surface area contributed by atoms with Crippen molar-refractivity contribution in [2.75, 3.05) is 11.1 Å². The van der Waals surface area contributed by atoms with Gasteiger partial charge in [-0.3, -0.25) is 0 Å². The van der Waals surface area contributed by atoms with E-state index >= 15 is 0 Å². The summed E-state index contributed by atoms with van der Waals surface area (Å²) >= 11 is 0. The Kier molecular flexibility index (Phi) is 4.40. The molecule has 2 atom stereocenters. The highest BCUT2D eigenvalue weighted by molar-refractivity contribution is 5.65. The van der Waals surface area contributed by atoms with Gasteiger partial charge in [0.1, 0.15) is 5.82 Å². The summed E-state index contributed by atoms with van der Waals surface area (Å²) in [6, 6.07) is 0.415. The van der Waals surface area contributed by atoms with E-state index in [1.807, 2.05) is 18.5 Å². The number of nitrogen functional groups attached to an aromatic ring is 1. The van der Waals surface area contributed by atoms with Gasteiger partial charge in [0, 0.05) is 12.1 Å². The molecule has 0 saturated carbocycles. The number of aromatic nitrogens is 2. The van der Waals surface area contributed by atoms with E-state index < -0.39 is 0 Å². The van der Waals surface area contributed by atoms with Crippen molar-refractivity contribution < 1.29 is 5.11 Å². The molecular formula is C12H24N4O. The zero-order chi connectivity index (χ0) is 13.2. The minimum Gasteiger partial charge on any atom is -0.394 e. The first-order valence-electron chi connectivity index (χ1n) is 6.12. The maximum atomic E-state index is 9.36. The van der Waals surface area contributed by atoms with Gasteiger partial charge in [-0.2, -0.15) is 5.10 Å². The number of nitrogens with one attached hydrogen (secondary N) is 1. The normalized spacial score (nSPS) is 15.0. The van der Waals surface area contributed by atoms with E-state index in [4.69, 9.17) is 5.73 Å². The van der Waals surface area contributed by atoms with Gasteiger partial charge in [-0.05, 0) is 41.0 Å². The molecule has 2 unspecified atom stereocenters. The van der Waals surface area contributed by atoms with E-state index in [1.165, 1.54) is 0 Å². The number of hydrogen-bond donors (Lipinski definition) is 3. The van der Waals surface area contributed by atoms with Crippen molar-refractivity contribution in [3.63, 3.8) is 0 Å². The highest BCUT2D eigenvalue weighted by Gasteiger charge is 2.17. The maximum absolute atomic E-state index is 9.36. The number of hydrogen-bond acceptors (Lipinski definition) is 4. The molecule has 0 aliphatic heterocycles. The molecule has 0 spiro atoms. The first kappa shape index (κ1) is 13.8. The van der Waals surface area contributed by atoms with E-state index in [9.17, 15) is 5.11 Å². The number of aliphatic hydroxyl groups excluding tert-OH is 1. The van der Waals surface area contributed by atoms with Crippen LogP contribution >= 0.6 is 0 Å². The predicted molar refractivity (Wildman–Crippen MR) is 71.1 cm³/mol. The van der Waals surface area contributed by atoms with Crippen molar-refractivity contribution in [3.05, 3.63) is 5.69 Å². The zero-order valence-corrected chi connectivity index (χ0v) is 11.4. The van der Waals surface area contributed by atoms with Crippen molar-refractivity contribution in [3.8, 4) is 0 Å². The van der Waals surface area contributed by atoms with Gasteiger partial charge in [-0.15, -0.1) is 0 Å². The average molecular weight is 240 g/mol. The zero-order valence-electron chi connectivity index (χ0n) is 11.4. The standard InChI is InChI=1S/C12H24N4O/c1-7(2)16-12(11(13)10(5)15-16)14-8(3)6-9(4)17/h7-9,14,17H,6,13H2,1-5H3. The Morgan fingerprint density at radius 2 is 1.94 bits per heavy atom. The van der Waals surface area contributed by atoms with Crippen LogP contribution in [-0.4, -0.2) is 27.0 Å². The molecule has 0 saturated heterocycles. The summed E-state index contributed by atoms with van der Waals surface area (Å²) in [7, 11) is 0. The number of anilines is 2. The SMILES string of the molecule is Cc1nn(C(C)C)c(NC(C)CC(C)O)c1N. The van der Waals surface area contributed by atoms with Crippen LogP contribution in [0.3, 0.4) is 0 Å². The topological polar surface area (TPSA) is 76.1 Å². The number of nitrogens with zero attached hydrogens (tertiary/aromatic N) is 2. The van der Waals surface area contributed by atoms with Crippen LogP contribution in [0.15, 0.2) is 0 Å². The molecule has 1 rings (SSSR count). The summed E-state index contributed by atoms with van der Waals surface area (Å²) in [6.07, 6.45) is 0.358. The van der Waals surface area contributed by atoms with Gasteiger partial charge >= 0.3 is 0 Å². The van der Waals surface area contributed by atoms with Gasteiger partial charge in [0.15, 0.2) is 0 Å². The number of aryl methyl sites for hydroxylation is 1. The van der Waals surface area contributed by atoms with E-state index in [1.54, 1.807) is 6.92 Å². The smallest absolute Gasteiger partial charge is 0.148 e. The fourth-order valence-corrected chi connectivity index (χ4v) is 1.88. The van der Waals surface area contributed by atoms with Crippen LogP contribution in [0.1, 0.15) is 45.9 Å². The Morgan fingerprint density at radius 1 is 1.35 bits per heavy atom. The summed E-state index contributed by atoms with van der Waals surface area (Å²) in [4.78, 5) is 0. The van der Waals surface area contributed by atoms with Gasteiger partial charge in [0.2, 0.25) is 0 Å². The first-order valence-corrected chi connectivity index (χ1v) is 6.12. The van der Waals surface area contributed by atoms with Gasteiger partial charge in [-0.1, -0.05) is 0 Å². The average Bonchev–Trinajstić information content (AvgIpc) is 2.44. The molecule has 17 heavy (non-hydrogen) atoms. The van der Waals surface area contributed by atoms with Gasteiger partial charge in [0.05, 0.1) is 17.5 Å². The molecular weight excluding hydrogens is 216 g/mol. The summed E-state index contributed by atoms with van der Waals surface area (Å²) in [5.41, 5.74) is 7.54. The second kappa shape index (κ2) is 5.40. The third-order valence-electron chi connectivity index (χ3n) is 2.70. The number of aliphatic hydroxyl groups is 1. The number of nitrogens with two attached hydrogens (primary N) is 1. The van der Waals surface area contributed by atoms with Crippen LogP contribution in [-0.2, 0) is 0 Å². The molecule has 0 bridgehead atoms. The Hall–Kier alpha value is -1.23. The Balaban J connectivity index is 2.89. The molecule has 0 aliphatic rings. The lowest BCUT2D eigenvalue weighted by atomic mass is 10.1. The Labute approximate surface area is 103 Å². The largest absolute Gasteiger partial charge is 0.394 e. The predicted octanol–water partition coefficient (Wildman–Crippen LogP) is 1.93. The van der Waals surface area contributed by atoms with E-state index in [0.29, 0.717) is 12.1 Å². The molecule has 0 fully saturated rings. The van der Waals surface area contributed by atoms with E-state index in [0.717, 1.165) is 11.5 Å². The second-order valence-electron chi connectivity index (χ2n) is 5.02. The van der Waals surface area contributed by atoms with Gasteiger partial charge in [0.25, 0.3) is 0 Å². The van der Waals surface area contributed by atoms with Crippen molar-refractivity contribution in [2.24, 2.45) is 0 Å². The molecule has 0 aromatic carbocycles. The molecule has 1 aromatic rings. The van der Waals surface area contributed by atoms with Crippen LogP contribution in [0.4, 0.5) is 11.5 Å². The lowest BCUT2D eigenvalue weighted by Crippen LogP contribution is -2.23. The highest BCUT2D eigenvalue weighted by Crippen LogP contribution is 2.26. The molecule has 0 radical (unpaired) electrons.